The number of benzene rings is 2. The maximum atomic E-state index is 13.2. The number of ether oxygens (including phenoxy) is 1. The number of morpholine rings is 1. The summed E-state index contributed by atoms with van der Waals surface area (Å²) in [5, 5.41) is 2.97. The van der Waals surface area contributed by atoms with Crippen LogP contribution in [-0.2, 0) is 16.7 Å². The predicted octanol–water partition coefficient (Wildman–Crippen LogP) is 3.17. The van der Waals surface area contributed by atoms with E-state index in [-0.39, 0.29) is 23.2 Å². The number of nitrogens with one attached hydrogen (secondary N) is 1. The highest BCUT2D eigenvalue weighted by atomic mass is 19.1. The smallest absolute Gasteiger partial charge is 0.317 e. The second-order valence-corrected chi connectivity index (χ2v) is 8.50. The van der Waals surface area contributed by atoms with E-state index in [2.05, 4.69) is 12.2 Å². The molecule has 1 N–H and O–H groups in total. The van der Waals surface area contributed by atoms with Gasteiger partial charge in [-0.1, -0.05) is 31.2 Å². The molecular weight excluding hydrogens is 397 g/mol. The van der Waals surface area contributed by atoms with Gasteiger partial charge in [-0.2, -0.15) is 0 Å². The molecule has 7 heteroatoms. The minimum Gasteiger partial charge on any atom is -0.378 e. The molecule has 1 atom stereocenters. The van der Waals surface area contributed by atoms with E-state index in [0.717, 1.165) is 17.5 Å². The van der Waals surface area contributed by atoms with Crippen LogP contribution in [0.25, 0.3) is 0 Å². The molecule has 2 aromatic rings. The van der Waals surface area contributed by atoms with E-state index in [1.807, 2.05) is 18.2 Å². The van der Waals surface area contributed by atoms with Crippen molar-refractivity contribution in [3.8, 4) is 0 Å². The Morgan fingerprint density at radius 1 is 1.06 bits per heavy atom. The number of amides is 3. The van der Waals surface area contributed by atoms with Crippen molar-refractivity contribution in [2.24, 2.45) is 0 Å². The lowest BCUT2D eigenvalue weighted by Crippen LogP contribution is -2.41. The standard InChI is InChI=1S/C24H28FN3O3/c1-24(20-5-7-21(25)8-6-20)9-10-28(17-24)23(30)26-16-18-3-2-4-19(15-18)22(29)27-11-13-31-14-12-27/h2-8,15H,9-14,16-17H2,1H3,(H,26,30). The first-order valence-electron chi connectivity index (χ1n) is 10.7. The number of rotatable bonds is 4. The molecule has 6 nitrogen and oxygen atoms in total. The molecule has 2 aliphatic rings. The molecule has 2 fully saturated rings. The molecule has 0 bridgehead atoms. The van der Waals surface area contributed by atoms with Gasteiger partial charge in [-0.15, -0.1) is 0 Å². The van der Waals surface area contributed by atoms with Crippen LogP contribution >= 0.6 is 0 Å². The molecule has 4 rings (SSSR count). The fraction of sp³-hybridized carbons (Fsp3) is 0.417. The Morgan fingerprint density at radius 3 is 2.55 bits per heavy atom. The first-order chi connectivity index (χ1) is 14.9. The fourth-order valence-corrected chi connectivity index (χ4v) is 4.28. The van der Waals surface area contributed by atoms with Gasteiger partial charge in [0.15, 0.2) is 0 Å². The Morgan fingerprint density at radius 2 is 1.81 bits per heavy atom. The number of carbonyl (C=O) groups is 2. The van der Waals surface area contributed by atoms with Crippen LogP contribution in [0.2, 0.25) is 0 Å². The van der Waals surface area contributed by atoms with Crippen molar-refractivity contribution in [2.45, 2.75) is 25.3 Å². The maximum Gasteiger partial charge on any atom is 0.317 e. The van der Waals surface area contributed by atoms with E-state index >= 15 is 0 Å². The van der Waals surface area contributed by atoms with Crippen molar-refractivity contribution in [1.82, 2.24) is 15.1 Å². The quantitative estimate of drug-likeness (QED) is 0.819. The fourth-order valence-electron chi connectivity index (χ4n) is 4.28. The van der Waals surface area contributed by atoms with Gasteiger partial charge in [0.1, 0.15) is 5.82 Å². The minimum atomic E-state index is -0.255. The van der Waals surface area contributed by atoms with Gasteiger partial charge < -0.3 is 19.9 Å². The van der Waals surface area contributed by atoms with Crippen molar-refractivity contribution >= 4 is 11.9 Å². The van der Waals surface area contributed by atoms with Gasteiger partial charge >= 0.3 is 6.03 Å². The number of hydrogen-bond donors (Lipinski definition) is 1. The molecule has 2 aliphatic heterocycles. The summed E-state index contributed by atoms with van der Waals surface area (Å²) in [6.45, 7) is 6.02. The van der Waals surface area contributed by atoms with E-state index in [1.54, 1.807) is 28.0 Å². The predicted molar refractivity (Wildman–Crippen MR) is 115 cm³/mol. The number of hydrogen-bond acceptors (Lipinski definition) is 3. The Hall–Kier alpha value is -2.93. The summed E-state index contributed by atoms with van der Waals surface area (Å²) < 4.78 is 18.6. The number of urea groups is 1. The summed E-state index contributed by atoms with van der Waals surface area (Å²) in [6, 6.07) is 13.8. The Bertz CT molecular complexity index is 943. The zero-order valence-corrected chi connectivity index (χ0v) is 17.8. The monoisotopic (exact) mass is 425 g/mol. The average Bonchev–Trinajstić information content (AvgIpc) is 3.21. The van der Waals surface area contributed by atoms with Crippen LogP contribution in [0, 0.1) is 5.82 Å². The average molecular weight is 426 g/mol. The molecule has 31 heavy (non-hydrogen) atoms. The molecule has 0 aromatic heterocycles. The molecule has 1 unspecified atom stereocenters. The molecule has 3 amide bonds. The summed E-state index contributed by atoms with van der Waals surface area (Å²) in [5.74, 6) is -0.264. The van der Waals surface area contributed by atoms with Crippen molar-refractivity contribution in [2.75, 3.05) is 39.4 Å². The summed E-state index contributed by atoms with van der Waals surface area (Å²) in [4.78, 5) is 29.0. The number of nitrogens with zero attached hydrogens (tertiary/aromatic N) is 2. The minimum absolute atomic E-state index is 0.00826. The lowest BCUT2D eigenvalue weighted by atomic mass is 9.82. The van der Waals surface area contributed by atoms with Gasteiger partial charge in [0.05, 0.1) is 13.2 Å². The molecule has 0 aliphatic carbocycles. The zero-order valence-electron chi connectivity index (χ0n) is 17.8. The van der Waals surface area contributed by atoms with Crippen LogP contribution in [-0.4, -0.2) is 61.1 Å². The normalized spacial score (nSPS) is 21.2. The van der Waals surface area contributed by atoms with Crippen LogP contribution in [0.3, 0.4) is 0 Å². The highest BCUT2D eigenvalue weighted by molar-refractivity contribution is 5.94. The molecule has 0 radical (unpaired) electrons. The van der Waals surface area contributed by atoms with Crippen LogP contribution in [0.5, 0.6) is 0 Å². The van der Waals surface area contributed by atoms with Crippen LogP contribution in [0.4, 0.5) is 9.18 Å². The lowest BCUT2D eigenvalue weighted by Gasteiger charge is -2.27. The van der Waals surface area contributed by atoms with Crippen molar-refractivity contribution < 1.29 is 18.7 Å². The molecule has 164 valence electrons. The van der Waals surface area contributed by atoms with Crippen LogP contribution in [0.1, 0.15) is 34.8 Å². The maximum absolute atomic E-state index is 13.2. The van der Waals surface area contributed by atoms with Gasteiger partial charge in [0, 0.05) is 43.7 Å². The van der Waals surface area contributed by atoms with Crippen molar-refractivity contribution in [1.29, 1.82) is 0 Å². The van der Waals surface area contributed by atoms with Gasteiger partial charge in [0.2, 0.25) is 0 Å². The zero-order chi connectivity index (χ0) is 21.8. The summed E-state index contributed by atoms with van der Waals surface area (Å²) >= 11 is 0. The first kappa shape index (κ1) is 21.3. The SMILES string of the molecule is CC1(c2ccc(F)cc2)CCN(C(=O)NCc2cccc(C(=O)N3CCOCC3)c2)C1. The van der Waals surface area contributed by atoms with E-state index in [0.29, 0.717) is 51.5 Å². The second kappa shape index (κ2) is 9.06. The van der Waals surface area contributed by atoms with Gasteiger partial charge in [-0.3, -0.25) is 4.79 Å². The van der Waals surface area contributed by atoms with Gasteiger partial charge in [-0.25, -0.2) is 9.18 Å². The molecular formula is C24H28FN3O3. The number of likely N-dealkylation sites (tertiary alicyclic amines) is 1. The van der Waals surface area contributed by atoms with Crippen molar-refractivity contribution in [3.63, 3.8) is 0 Å². The summed E-state index contributed by atoms with van der Waals surface area (Å²) in [7, 11) is 0. The van der Waals surface area contributed by atoms with E-state index in [1.165, 1.54) is 12.1 Å². The topological polar surface area (TPSA) is 61.9 Å². The Balaban J connectivity index is 1.34. The van der Waals surface area contributed by atoms with Gasteiger partial charge in [0.25, 0.3) is 5.91 Å². The number of halogens is 1. The van der Waals surface area contributed by atoms with Crippen LogP contribution in [0.15, 0.2) is 48.5 Å². The third-order valence-corrected chi connectivity index (χ3v) is 6.22. The van der Waals surface area contributed by atoms with E-state index in [4.69, 9.17) is 4.74 Å². The Kier molecular flexibility index (Phi) is 6.23. The first-order valence-corrected chi connectivity index (χ1v) is 10.7. The highest BCUT2D eigenvalue weighted by Crippen LogP contribution is 2.34. The largest absolute Gasteiger partial charge is 0.378 e. The third kappa shape index (κ3) is 4.88. The van der Waals surface area contributed by atoms with Crippen molar-refractivity contribution in [3.05, 3.63) is 71.0 Å². The van der Waals surface area contributed by atoms with E-state index in [9.17, 15) is 14.0 Å². The van der Waals surface area contributed by atoms with Crippen LogP contribution < -0.4 is 5.32 Å². The summed E-state index contributed by atoms with van der Waals surface area (Å²) in [6.07, 6.45) is 0.829. The lowest BCUT2D eigenvalue weighted by molar-refractivity contribution is 0.0303. The molecule has 2 saturated heterocycles. The molecule has 0 saturated carbocycles. The van der Waals surface area contributed by atoms with Gasteiger partial charge in [-0.05, 0) is 41.8 Å². The third-order valence-electron chi connectivity index (χ3n) is 6.22. The highest BCUT2D eigenvalue weighted by Gasteiger charge is 2.37. The van der Waals surface area contributed by atoms with E-state index < -0.39 is 0 Å². The second-order valence-electron chi connectivity index (χ2n) is 8.50. The Labute approximate surface area is 182 Å². The molecule has 0 spiro atoms. The number of carbonyl (C=O) groups excluding carboxylic acids is 2. The molecule has 2 aromatic carbocycles. The summed E-state index contributed by atoms with van der Waals surface area (Å²) in [5.41, 5.74) is 2.36. The molecule has 2 heterocycles.